The highest BCUT2D eigenvalue weighted by atomic mass is 35.5. The van der Waals surface area contributed by atoms with Gasteiger partial charge in [0.2, 0.25) is 5.95 Å². The van der Waals surface area contributed by atoms with E-state index in [9.17, 15) is 17.2 Å². The molecule has 3 rings (SSSR count). The Bertz CT molecular complexity index is 1140. The predicted octanol–water partition coefficient (Wildman–Crippen LogP) is 3.75. The number of anilines is 1. The Morgan fingerprint density at radius 3 is 2.46 bits per heavy atom. The maximum absolute atomic E-state index is 14.2. The van der Waals surface area contributed by atoms with E-state index in [1.807, 2.05) is 0 Å². The third-order valence-corrected chi connectivity index (χ3v) is 5.48. The lowest BCUT2D eigenvalue weighted by molar-refractivity contribution is 0.0176. The highest BCUT2D eigenvalue weighted by molar-refractivity contribution is 7.92. The molecule has 7 nitrogen and oxygen atoms in total. The van der Waals surface area contributed by atoms with Crippen molar-refractivity contribution >= 4 is 27.6 Å². The van der Waals surface area contributed by atoms with Gasteiger partial charge in [-0.1, -0.05) is 35.9 Å². The third-order valence-electron chi connectivity index (χ3n) is 3.92. The van der Waals surface area contributed by atoms with Gasteiger partial charge in [0.05, 0.1) is 17.5 Å². The van der Waals surface area contributed by atoms with Crippen molar-refractivity contribution in [1.82, 2.24) is 19.7 Å². The van der Waals surface area contributed by atoms with Crippen LogP contribution >= 0.6 is 11.6 Å². The van der Waals surface area contributed by atoms with Crippen LogP contribution in [0.1, 0.15) is 18.1 Å². The van der Waals surface area contributed by atoms with E-state index in [4.69, 9.17) is 11.6 Å². The predicted molar refractivity (Wildman–Crippen MR) is 101 cm³/mol. The zero-order valence-corrected chi connectivity index (χ0v) is 16.7. The Balaban J connectivity index is 2.16. The number of alkyl halides is 2. The van der Waals surface area contributed by atoms with Crippen molar-refractivity contribution in [1.29, 1.82) is 0 Å². The Hall–Kier alpha value is -2.59. The average Bonchev–Trinajstić information content (AvgIpc) is 3.00. The molecular formula is C17H16ClF2N5O2S. The topological polar surface area (TPSA) is 89.8 Å². The maximum atomic E-state index is 14.2. The summed E-state index contributed by atoms with van der Waals surface area (Å²) >= 11 is 6.02. The summed E-state index contributed by atoms with van der Waals surface area (Å²) in [7, 11) is -2.51. The summed E-state index contributed by atoms with van der Waals surface area (Å²) in [6.45, 7) is 2.40. The van der Waals surface area contributed by atoms with Crippen LogP contribution in [-0.4, -0.2) is 28.2 Å². The van der Waals surface area contributed by atoms with Crippen LogP contribution in [0.4, 0.5) is 14.7 Å². The number of hydrogen-bond donors (Lipinski definition) is 1. The average molecular weight is 428 g/mol. The first-order valence-corrected chi connectivity index (χ1v) is 9.88. The monoisotopic (exact) mass is 427 g/mol. The molecule has 0 spiro atoms. The van der Waals surface area contributed by atoms with Crippen molar-refractivity contribution in [3.05, 3.63) is 52.9 Å². The van der Waals surface area contributed by atoms with Gasteiger partial charge in [-0.25, -0.2) is 26.9 Å². The molecule has 0 radical (unpaired) electrons. The van der Waals surface area contributed by atoms with Crippen molar-refractivity contribution in [2.45, 2.75) is 24.7 Å². The van der Waals surface area contributed by atoms with E-state index in [1.54, 1.807) is 38.2 Å². The van der Waals surface area contributed by atoms with Gasteiger partial charge in [-0.15, -0.1) is 0 Å². The molecule has 0 fully saturated rings. The van der Waals surface area contributed by atoms with Crippen molar-refractivity contribution in [3.8, 4) is 11.3 Å². The van der Waals surface area contributed by atoms with Gasteiger partial charge >= 0.3 is 0 Å². The van der Waals surface area contributed by atoms with E-state index in [2.05, 4.69) is 19.8 Å². The second-order valence-corrected chi connectivity index (χ2v) is 8.26. The fraction of sp³-hybridized carbons (Fsp3) is 0.235. The molecule has 0 aliphatic rings. The summed E-state index contributed by atoms with van der Waals surface area (Å²) in [5, 5.41) is 3.26. The van der Waals surface area contributed by atoms with Gasteiger partial charge in [-0.2, -0.15) is 10.1 Å². The molecule has 11 heteroatoms. The molecular weight excluding hydrogens is 412 g/mol. The molecule has 2 heterocycles. The smallest absolute Gasteiger partial charge is 0.274 e. The summed E-state index contributed by atoms with van der Waals surface area (Å²) in [5.74, 6) is -3.75. The third kappa shape index (κ3) is 3.97. The Morgan fingerprint density at radius 1 is 1.21 bits per heavy atom. The molecule has 0 aliphatic carbocycles. The zero-order valence-electron chi connectivity index (χ0n) is 15.1. The van der Waals surface area contributed by atoms with Gasteiger partial charge in [0.25, 0.3) is 15.9 Å². The van der Waals surface area contributed by atoms with Crippen LogP contribution in [0, 0.1) is 6.92 Å². The first-order valence-electron chi connectivity index (χ1n) is 8.02. The number of nitrogens with one attached hydrogen (secondary N) is 1. The van der Waals surface area contributed by atoms with Gasteiger partial charge in [0, 0.05) is 25.7 Å². The lowest BCUT2D eigenvalue weighted by atomic mass is 9.99. The Morgan fingerprint density at radius 2 is 1.89 bits per heavy atom. The lowest BCUT2D eigenvalue weighted by Crippen LogP contribution is -2.18. The van der Waals surface area contributed by atoms with Gasteiger partial charge in [0.1, 0.15) is 10.0 Å². The van der Waals surface area contributed by atoms with Crippen LogP contribution in [0.3, 0.4) is 0 Å². The fourth-order valence-corrected chi connectivity index (χ4v) is 3.88. The number of rotatable bonds is 5. The highest BCUT2D eigenvalue weighted by Crippen LogP contribution is 2.40. The molecule has 0 saturated carbocycles. The van der Waals surface area contributed by atoms with E-state index in [0.717, 1.165) is 6.20 Å². The number of sulfonamides is 1. The minimum Gasteiger partial charge on any atom is -0.274 e. The molecule has 0 saturated heterocycles. The summed E-state index contributed by atoms with van der Waals surface area (Å²) in [4.78, 5) is 7.66. The van der Waals surface area contributed by atoms with Crippen LogP contribution in [0.15, 0.2) is 41.6 Å². The second-order valence-electron chi connectivity index (χ2n) is 6.22. The first-order chi connectivity index (χ1) is 13.0. The zero-order chi connectivity index (χ0) is 20.7. The molecule has 148 valence electrons. The number of aryl methyl sites for hydroxylation is 2. The highest BCUT2D eigenvalue weighted by Gasteiger charge is 2.34. The summed E-state index contributed by atoms with van der Waals surface area (Å²) in [6.07, 6.45) is 2.42. The van der Waals surface area contributed by atoms with Crippen molar-refractivity contribution in [2.75, 3.05) is 4.72 Å². The normalized spacial score (nSPS) is 12.2. The van der Waals surface area contributed by atoms with Crippen LogP contribution in [0.2, 0.25) is 5.15 Å². The number of benzene rings is 1. The van der Waals surface area contributed by atoms with Crippen LogP contribution < -0.4 is 4.72 Å². The largest absolute Gasteiger partial charge is 0.275 e. The molecule has 0 unspecified atom stereocenters. The van der Waals surface area contributed by atoms with Crippen LogP contribution in [0.5, 0.6) is 0 Å². The molecule has 1 N–H and O–H groups in total. The maximum Gasteiger partial charge on any atom is 0.275 e. The van der Waals surface area contributed by atoms with Gasteiger partial charge in [-0.3, -0.25) is 4.68 Å². The van der Waals surface area contributed by atoms with E-state index in [1.165, 1.54) is 10.9 Å². The molecule has 28 heavy (non-hydrogen) atoms. The SMILES string of the molecule is Cc1ccccc1-c1nc(NS(=O)(=O)c2cnn(C)c2)nc(Cl)c1C(C)(F)F. The summed E-state index contributed by atoms with van der Waals surface area (Å²) < 4.78 is 56.9. The van der Waals surface area contributed by atoms with Crippen LogP contribution in [-0.2, 0) is 23.0 Å². The number of aromatic nitrogens is 4. The van der Waals surface area contributed by atoms with E-state index in [0.29, 0.717) is 18.1 Å². The molecule has 0 amide bonds. The van der Waals surface area contributed by atoms with Gasteiger partial charge < -0.3 is 0 Å². The van der Waals surface area contributed by atoms with Gasteiger partial charge in [-0.05, 0) is 12.5 Å². The standard InChI is InChI=1S/C17H16ClF2N5O2S/c1-10-6-4-5-7-12(10)14-13(17(2,19)20)15(18)23-16(22-14)24-28(26,27)11-8-21-25(3)9-11/h4-9H,1-3H3,(H,22,23,24). The Labute approximate surface area is 165 Å². The van der Waals surface area contributed by atoms with E-state index in [-0.39, 0.29) is 10.6 Å². The van der Waals surface area contributed by atoms with Crippen molar-refractivity contribution in [3.63, 3.8) is 0 Å². The minimum atomic E-state index is -4.07. The van der Waals surface area contributed by atoms with E-state index >= 15 is 0 Å². The van der Waals surface area contributed by atoms with E-state index < -0.39 is 32.6 Å². The minimum absolute atomic E-state index is 0.128. The number of halogens is 3. The van der Waals surface area contributed by atoms with Crippen molar-refractivity contribution in [2.24, 2.45) is 7.05 Å². The fourth-order valence-electron chi connectivity index (χ4n) is 2.62. The van der Waals surface area contributed by atoms with Crippen molar-refractivity contribution < 1.29 is 17.2 Å². The molecule has 0 atom stereocenters. The molecule has 3 aromatic rings. The summed E-state index contributed by atoms with van der Waals surface area (Å²) in [6, 6.07) is 6.73. The summed E-state index contributed by atoms with van der Waals surface area (Å²) in [5.41, 5.74) is 0.344. The number of hydrogen-bond acceptors (Lipinski definition) is 5. The van der Waals surface area contributed by atoms with Crippen LogP contribution in [0.25, 0.3) is 11.3 Å². The lowest BCUT2D eigenvalue weighted by Gasteiger charge is -2.18. The second kappa shape index (κ2) is 7.10. The first kappa shape index (κ1) is 20.2. The molecule has 1 aromatic carbocycles. The Kier molecular flexibility index (Phi) is 5.11. The van der Waals surface area contributed by atoms with Gasteiger partial charge in [0.15, 0.2) is 0 Å². The molecule has 0 bridgehead atoms. The molecule has 2 aromatic heterocycles. The molecule has 0 aliphatic heterocycles. The number of nitrogens with zero attached hydrogens (tertiary/aromatic N) is 4. The quantitative estimate of drug-likeness (QED) is 0.626.